The lowest BCUT2D eigenvalue weighted by atomic mass is 10.2. The largest absolute Gasteiger partial charge is 0.328 e. The van der Waals surface area contributed by atoms with Crippen molar-refractivity contribution in [2.24, 2.45) is 0 Å². The van der Waals surface area contributed by atoms with E-state index in [9.17, 15) is 4.79 Å². The molecule has 0 unspecified atom stereocenters. The first-order valence-electron chi connectivity index (χ1n) is 7.25. The van der Waals surface area contributed by atoms with Crippen LogP contribution in [-0.4, -0.2) is 22.0 Å². The summed E-state index contributed by atoms with van der Waals surface area (Å²) in [6, 6.07) is 7.76. The molecule has 0 bridgehead atoms. The number of aryl methyl sites for hydroxylation is 1. The van der Waals surface area contributed by atoms with Gasteiger partial charge in [-0.2, -0.15) is 0 Å². The Hall–Kier alpha value is -2.14. The first-order valence-corrected chi connectivity index (χ1v) is 7.25. The lowest BCUT2D eigenvalue weighted by Crippen LogP contribution is -2.18. The summed E-state index contributed by atoms with van der Waals surface area (Å²) in [6.07, 6.45) is 4.69. The van der Waals surface area contributed by atoms with Crippen LogP contribution < -0.4 is 10.6 Å². The fraction of sp³-hybridized carbons (Fsp3) is 0.375. The zero-order valence-corrected chi connectivity index (χ0v) is 12.6. The van der Waals surface area contributed by atoms with Crippen molar-refractivity contribution in [2.45, 2.75) is 33.4 Å². The Labute approximate surface area is 125 Å². The van der Waals surface area contributed by atoms with Crippen molar-refractivity contribution in [3.8, 4) is 0 Å². The number of benzene rings is 1. The molecule has 0 radical (unpaired) electrons. The van der Waals surface area contributed by atoms with Crippen molar-refractivity contribution in [3.63, 3.8) is 0 Å². The van der Waals surface area contributed by atoms with Gasteiger partial charge in [-0.05, 0) is 32.0 Å². The predicted octanol–water partition coefficient (Wildman–Crippen LogP) is 2.33. The zero-order valence-electron chi connectivity index (χ0n) is 12.6. The molecule has 2 aromatic rings. The number of nitrogens with one attached hydrogen (secondary N) is 2. The van der Waals surface area contributed by atoms with Crippen LogP contribution in [0.4, 0.5) is 5.69 Å². The van der Waals surface area contributed by atoms with Gasteiger partial charge in [-0.3, -0.25) is 4.79 Å². The van der Waals surface area contributed by atoms with E-state index in [1.807, 2.05) is 37.4 Å². The van der Waals surface area contributed by atoms with Crippen LogP contribution in [0.2, 0.25) is 0 Å². The second-order valence-corrected chi connectivity index (χ2v) is 5.13. The minimum Gasteiger partial charge on any atom is -0.328 e. The second kappa shape index (κ2) is 7.59. The molecule has 112 valence electrons. The van der Waals surface area contributed by atoms with Crippen molar-refractivity contribution in [1.29, 1.82) is 0 Å². The third-order valence-electron chi connectivity index (χ3n) is 3.08. The fourth-order valence-electron chi connectivity index (χ4n) is 1.98. The third-order valence-corrected chi connectivity index (χ3v) is 3.08. The molecule has 5 heteroatoms. The van der Waals surface area contributed by atoms with Crippen molar-refractivity contribution in [1.82, 2.24) is 14.9 Å². The highest BCUT2D eigenvalue weighted by Crippen LogP contribution is 2.08. The molecule has 5 nitrogen and oxygen atoms in total. The van der Waals surface area contributed by atoms with Gasteiger partial charge in [0, 0.05) is 18.4 Å². The molecule has 0 aliphatic heterocycles. The van der Waals surface area contributed by atoms with Gasteiger partial charge in [-0.1, -0.05) is 24.6 Å². The van der Waals surface area contributed by atoms with Gasteiger partial charge < -0.3 is 15.2 Å². The van der Waals surface area contributed by atoms with Gasteiger partial charge in [0.05, 0.1) is 12.0 Å². The van der Waals surface area contributed by atoms with E-state index in [2.05, 4.69) is 22.5 Å². The molecule has 0 spiro atoms. The maximum Gasteiger partial charge on any atom is 0.244 e. The van der Waals surface area contributed by atoms with E-state index in [4.69, 9.17) is 0 Å². The molecule has 0 atom stereocenters. The summed E-state index contributed by atoms with van der Waals surface area (Å²) in [7, 11) is 0. The van der Waals surface area contributed by atoms with E-state index in [0.29, 0.717) is 0 Å². The highest BCUT2D eigenvalue weighted by Gasteiger charge is 2.05. The van der Waals surface area contributed by atoms with Crippen LogP contribution in [0.5, 0.6) is 0 Å². The number of anilines is 1. The monoisotopic (exact) mass is 286 g/mol. The molecule has 2 rings (SSSR count). The van der Waals surface area contributed by atoms with E-state index in [1.165, 1.54) is 5.56 Å². The molecule has 0 saturated carbocycles. The molecule has 1 aromatic heterocycles. The molecule has 1 heterocycles. The highest BCUT2D eigenvalue weighted by atomic mass is 16.1. The van der Waals surface area contributed by atoms with Gasteiger partial charge in [0.15, 0.2) is 0 Å². The lowest BCUT2D eigenvalue weighted by Gasteiger charge is -2.06. The number of carbonyl (C=O) groups excluding carboxylic acids is 1. The summed E-state index contributed by atoms with van der Waals surface area (Å²) in [5, 5.41) is 6.16. The van der Waals surface area contributed by atoms with Crippen LogP contribution in [0.3, 0.4) is 0 Å². The standard InChI is InChI=1S/C16H22N4O/c1-3-8-17-9-15-10-20(12-18-15)11-16(21)19-14-6-4-13(2)5-7-14/h4-7,10,12,17H,3,8-9,11H2,1-2H3,(H,19,21). The predicted molar refractivity (Wildman–Crippen MR) is 84.0 cm³/mol. The van der Waals surface area contributed by atoms with Crippen molar-refractivity contribution >= 4 is 11.6 Å². The lowest BCUT2D eigenvalue weighted by molar-refractivity contribution is -0.116. The normalized spacial score (nSPS) is 10.6. The molecule has 0 saturated heterocycles. The number of carbonyl (C=O) groups is 1. The van der Waals surface area contributed by atoms with E-state index >= 15 is 0 Å². The Balaban J connectivity index is 1.83. The Morgan fingerprint density at radius 1 is 1.29 bits per heavy atom. The average Bonchev–Trinajstić information content (AvgIpc) is 2.89. The average molecular weight is 286 g/mol. The van der Waals surface area contributed by atoms with Crippen LogP contribution in [0.1, 0.15) is 24.6 Å². The van der Waals surface area contributed by atoms with Gasteiger partial charge >= 0.3 is 0 Å². The smallest absolute Gasteiger partial charge is 0.244 e. The van der Waals surface area contributed by atoms with E-state index in [1.54, 1.807) is 10.9 Å². The van der Waals surface area contributed by atoms with E-state index in [0.717, 1.165) is 30.9 Å². The number of nitrogens with zero attached hydrogens (tertiary/aromatic N) is 2. The summed E-state index contributed by atoms with van der Waals surface area (Å²) >= 11 is 0. The maximum atomic E-state index is 12.0. The minimum atomic E-state index is -0.0516. The molecule has 0 fully saturated rings. The van der Waals surface area contributed by atoms with Gasteiger partial charge in [-0.25, -0.2) is 4.98 Å². The van der Waals surface area contributed by atoms with Crippen LogP contribution in [0.15, 0.2) is 36.8 Å². The zero-order chi connectivity index (χ0) is 15.1. The number of hydrogen-bond donors (Lipinski definition) is 2. The number of aromatic nitrogens is 2. The van der Waals surface area contributed by atoms with Gasteiger partial charge in [0.1, 0.15) is 6.54 Å². The van der Waals surface area contributed by atoms with Crippen LogP contribution in [-0.2, 0) is 17.9 Å². The SMILES string of the molecule is CCCNCc1cn(CC(=O)Nc2ccc(C)cc2)cn1. The van der Waals surface area contributed by atoms with Crippen LogP contribution in [0, 0.1) is 6.92 Å². The molecular formula is C16H22N4O. The summed E-state index contributed by atoms with van der Waals surface area (Å²) in [4.78, 5) is 16.2. The van der Waals surface area contributed by atoms with Crippen LogP contribution in [0.25, 0.3) is 0 Å². The van der Waals surface area contributed by atoms with Crippen molar-refractivity contribution in [2.75, 3.05) is 11.9 Å². The van der Waals surface area contributed by atoms with Gasteiger partial charge in [0.2, 0.25) is 5.91 Å². The second-order valence-electron chi connectivity index (χ2n) is 5.13. The molecular weight excluding hydrogens is 264 g/mol. The van der Waals surface area contributed by atoms with Crippen molar-refractivity contribution < 1.29 is 4.79 Å². The minimum absolute atomic E-state index is 0.0516. The molecule has 0 aliphatic carbocycles. The molecule has 1 amide bonds. The fourth-order valence-corrected chi connectivity index (χ4v) is 1.98. The summed E-state index contributed by atoms with van der Waals surface area (Å²) in [5.74, 6) is -0.0516. The topological polar surface area (TPSA) is 59.0 Å². The maximum absolute atomic E-state index is 12.0. The number of rotatable bonds is 7. The van der Waals surface area contributed by atoms with E-state index < -0.39 is 0 Å². The first kappa shape index (κ1) is 15.3. The molecule has 0 aliphatic rings. The van der Waals surface area contributed by atoms with Gasteiger partial charge in [0.25, 0.3) is 0 Å². The molecule has 21 heavy (non-hydrogen) atoms. The number of imidazole rings is 1. The third kappa shape index (κ3) is 5.04. The summed E-state index contributed by atoms with van der Waals surface area (Å²) in [6.45, 7) is 6.13. The van der Waals surface area contributed by atoms with Gasteiger partial charge in [-0.15, -0.1) is 0 Å². The Morgan fingerprint density at radius 2 is 2.05 bits per heavy atom. The Bertz CT molecular complexity index is 574. The van der Waals surface area contributed by atoms with E-state index in [-0.39, 0.29) is 12.5 Å². The van der Waals surface area contributed by atoms with Crippen LogP contribution >= 0.6 is 0 Å². The quantitative estimate of drug-likeness (QED) is 0.768. The first-order chi connectivity index (χ1) is 10.2. The highest BCUT2D eigenvalue weighted by molar-refractivity contribution is 5.90. The summed E-state index contributed by atoms with van der Waals surface area (Å²) < 4.78 is 1.80. The molecule has 1 aromatic carbocycles. The summed E-state index contributed by atoms with van der Waals surface area (Å²) in [5.41, 5.74) is 2.94. The molecule has 2 N–H and O–H groups in total. The Morgan fingerprint density at radius 3 is 2.76 bits per heavy atom. The number of hydrogen-bond acceptors (Lipinski definition) is 3. The van der Waals surface area contributed by atoms with Crippen molar-refractivity contribution in [3.05, 3.63) is 48.0 Å². The Kier molecular flexibility index (Phi) is 5.51. The number of amides is 1.